The van der Waals surface area contributed by atoms with Crippen molar-refractivity contribution in [3.05, 3.63) is 23.3 Å². The van der Waals surface area contributed by atoms with Gasteiger partial charge in [-0.3, -0.25) is 4.79 Å². The fourth-order valence-corrected chi connectivity index (χ4v) is 4.50. The largest absolute Gasteiger partial charge is 0.504 e. The highest BCUT2D eigenvalue weighted by molar-refractivity contribution is 5.66. The lowest BCUT2D eigenvalue weighted by Gasteiger charge is -2.42. The van der Waals surface area contributed by atoms with Gasteiger partial charge in [0.2, 0.25) is 0 Å². The molecule has 0 unspecified atom stereocenters. The lowest BCUT2D eigenvalue weighted by atomic mass is 9.72. The highest BCUT2D eigenvalue weighted by Gasteiger charge is 2.42. The van der Waals surface area contributed by atoms with Crippen molar-refractivity contribution in [1.29, 1.82) is 0 Å². The number of rotatable bonds is 10. The van der Waals surface area contributed by atoms with Crippen molar-refractivity contribution in [2.75, 3.05) is 14.2 Å². The molecule has 0 aromatic heterocycles. The van der Waals surface area contributed by atoms with Gasteiger partial charge in [-0.25, -0.2) is 0 Å². The molecular formula is C23H37NO5. The average molecular weight is 408 g/mol. The van der Waals surface area contributed by atoms with Crippen LogP contribution in [0.4, 0.5) is 0 Å². The van der Waals surface area contributed by atoms with Gasteiger partial charge in [0, 0.05) is 25.5 Å². The maximum Gasteiger partial charge on any atom is 0.303 e. The predicted molar refractivity (Wildman–Crippen MR) is 113 cm³/mol. The van der Waals surface area contributed by atoms with E-state index in [1.54, 1.807) is 0 Å². The van der Waals surface area contributed by atoms with E-state index in [2.05, 4.69) is 12.2 Å². The lowest BCUT2D eigenvalue weighted by molar-refractivity contribution is -0.168. The van der Waals surface area contributed by atoms with Crippen LogP contribution in [0.1, 0.15) is 69.9 Å². The maximum atomic E-state index is 11.8. The molecule has 164 valence electrons. The van der Waals surface area contributed by atoms with Crippen molar-refractivity contribution in [2.45, 2.75) is 83.5 Å². The van der Waals surface area contributed by atoms with Crippen LogP contribution < -0.4 is 10.1 Å². The zero-order chi connectivity index (χ0) is 21.4. The second-order valence-corrected chi connectivity index (χ2v) is 8.33. The molecule has 29 heavy (non-hydrogen) atoms. The summed E-state index contributed by atoms with van der Waals surface area (Å²) in [4.78, 5) is 11.8. The number of aliphatic hydroxyl groups is 1. The van der Waals surface area contributed by atoms with Crippen LogP contribution in [0.2, 0.25) is 0 Å². The summed E-state index contributed by atoms with van der Waals surface area (Å²) < 4.78 is 11.1. The molecule has 1 aromatic rings. The fourth-order valence-electron chi connectivity index (χ4n) is 4.50. The standard InChI is InChI=1S/C23H37NO5/c1-5-6-7-18-9-11-23(14-20(18)26,29-16(2)25)10-8-17-12-19(15-24-3)22(27)21(13-17)28-4/h12-13,18,20,24,26-27H,5-11,14-15H2,1-4H3/t18-,20+,23-/m0/s1. The number of aliphatic hydroxyl groups excluding tert-OH is 1. The summed E-state index contributed by atoms with van der Waals surface area (Å²) in [5, 5.41) is 24.1. The van der Waals surface area contributed by atoms with Gasteiger partial charge >= 0.3 is 5.97 Å². The smallest absolute Gasteiger partial charge is 0.303 e. The van der Waals surface area contributed by atoms with Gasteiger partial charge in [-0.2, -0.15) is 0 Å². The van der Waals surface area contributed by atoms with E-state index in [9.17, 15) is 15.0 Å². The molecule has 6 heteroatoms. The van der Waals surface area contributed by atoms with Gasteiger partial charge in [0.25, 0.3) is 0 Å². The Balaban J connectivity index is 2.15. The number of ether oxygens (including phenoxy) is 2. The number of carbonyl (C=O) groups is 1. The number of hydrogen-bond acceptors (Lipinski definition) is 6. The van der Waals surface area contributed by atoms with E-state index in [4.69, 9.17) is 9.47 Å². The monoisotopic (exact) mass is 407 g/mol. The van der Waals surface area contributed by atoms with E-state index in [1.165, 1.54) is 14.0 Å². The normalized spacial score (nSPS) is 24.3. The molecule has 2 rings (SSSR count). The molecular weight excluding hydrogens is 370 g/mol. The SMILES string of the molecule is CCCC[C@H]1CC[C@](CCc2cc(CNC)c(O)c(OC)c2)(OC(C)=O)C[C@H]1O. The highest BCUT2D eigenvalue weighted by atomic mass is 16.6. The van der Waals surface area contributed by atoms with Crippen molar-refractivity contribution in [3.63, 3.8) is 0 Å². The number of carbonyl (C=O) groups excluding carboxylic acids is 1. The first kappa shape index (κ1) is 23.5. The molecule has 0 aliphatic heterocycles. The number of esters is 1. The lowest BCUT2D eigenvalue weighted by Crippen LogP contribution is -2.45. The number of nitrogens with one attached hydrogen (secondary N) is 1. The van der Waals surface area contributed by atoms with E-state index in [1.807, 2.05) is 19.2 Å². The summed E-state index contributed by atoms with van der Waals surface area (Å²) in [7, 11) is 3.36. The number of benzene rings is 1. The van der Waals surface area contributed by atoms with Gasteiger partial charge in [-0.1, -0.05) is 25.8 Å². The van der Waals surface area contributed by atoms with Crippen molar-refractivity contribution >= 4 is 5.97 Å². The number of phenolic OH excluding ortho intramolecular Hbond substituents is 1. The van der Waals surface area contributed by atoms with E-state index < -0.39 is 11.7 Å². The minimum absolute atomic E-state index is 0.146. The fraction of sp³-hybridized carbons (Fsp3) is 0.696. The van der Waals surface area contributed by atoms with Gasteiger partial charge in [-0.05, 0) is 56.7 Å². The van der Waals surface area contributed by atoms with Crippen LogP contribution in [0.5, 0.6) is 11.5 Å². The van der Waals surface area contributed by atoms with E-state index >= 15 is 0 Å². The van der Waals surface area contributed by atoms with E-state index in [0.29, 0.717) is 31.6 Å². The molecule has 6 nitrogen and oxygen atoms in total. The summed E-state index contributed by atoms with van der Waals surface area (Å²) in [5.74, 6) is 0.572. The summed E-state index contributed by atoms with van der Waals surface area (Å²) in [6, 6.07) is 3.79. The Bertz CT molecular complexity index is 677. The quantitative estimate of drug-likeness (QED) is 0.513. The Labute approximate surface area is 174 Å². The number of aromatic hydroxyl groups is 1. The van der Waals surface area contributed by atoms with Crippen LogP contribution in [0.3, 0.4) is 0 Å². The number of unbranched alkanes of at least 4 members (excludes halogenated alkanes) is 1. The summed E-state index contributed by atoms with van der Waals surface area (Å²) in [6.07, 6.45) is 6.26. The summed E-state index contributed by atoms with van der Waals surface area (Å²) in [5.41, 5.74) is 1.15. The van der Waals surface area contributed by atoms with Crippen LogP contribution in [0.25, 0.3) is 0 Å². The second-order valence-electron chi connectivity index (χ2n) is 8.33. The van der Waals surface area contributed by atoms with Crippen LogP contribution in [0.15, 0.2) is 12.1 Å². The first-order valence-electron chi connectivity index (χ1n) is 10.7. The van der Waals surface area contributed by atoms with Crippen molar-refractivity contribution in [1.82, 2.24) is 5.32 Å². The molecule has 0 amide bonds. The summed E-state index contributed by atoms with van der Waals surface area (Å²) in [6.45, 7) is 4.13. The molecule has 1 saturated carbocycles. The van der Waals surface area contributed by atoms with E-state index in [0.717, 1.165) is 43.2 Å². The molecule has 1 fully saturated rings. The minimum Gasteiger partial charge on any atom is -0.504 e. The van der Waals surface area contributed by atoms with Crippen LogP contribution in [-0.4, -0.2) is 42.0 Å². The third kappa shape index (κ3) is 6.34. The van der Waals surface area contributed by atoms with Crippen molar-refractivity contribution in [2.24, 2.45) is 5.92 Å². The highest BCUT2D eigenvalue weighted by Crippen LogP contribution is 2.41. The Hall–Kier alpha value is -1.79. The van der Waals surface area contributed by atoms with Gasteiger partial charge in [-0.15, -0.1) is 0 Å². The zero-order valence-electron chi connectivity index (χ0n) is 18.3. The number of aryl methyl sites for hydroxylation is 1. The molecule has 0 bridgehead atoms. The predicted octanol–water partition coefficient (Wildman–Crippen LogP) is 3.71. The van der Waals surface area contributed by atoms with Crippen LogP contribution in [-0.2, 0) is 22.5 Å². The molecule has 1 aromatic carbocycles. The Kier molecular flexibility index (Phi) is 8.78. The first-order chi connectivity index (χ1) is 13.8. The van der Waals surface area contributed by atoms with Gasteiger partial charge in [0.05, 0.1) is 13.2 Å². The molecule has 0 spiro atoms. The van der Waals surface area contributed by atoms with Crippen LogP contribution in [0, 0.1) is 5.92 Å². The van der Waals surface area contributed by atoms with Gasteiger partial charge < -0.3 is 25.0 Å². The van der Waals surface area contributed by atoms with E-state index in [-0.39, 0.29) is 17.6 Å². The molecule has 1 aliphatic carbocycles. The van der Waals surface area contributed by atoms with Gasteiger partial charge in [0.1, 0.15) is 5.60 Å². The topological polar surface area (TPSA) is 88.0 Å². The second kappa shape index (κ2) is 10.8. The average Bonchev–Trinajstić information content (AvgIpc) is 2.67. The number of phenols is 1. The van der Waals surface area contributed by atoms with Crippen molar-refractivity contribution in [3.8, 4) is 11.5 Å². The Morgan fingerprint density at radius 1 is 1.38 bits per heavy atom. The van der Waals surface area contributed by atoms with Crippen molar-refractivity contribution < 1.29 is 24.5 Å². The molecule has 3 atom stereocenters. The molecule has 0 saturated heterocycles. The third-order valence-electron chi connectivity index (χ3n) is 6.05. The molecule has 3 N–H and O–H groups in total. The number of hydrogen-bond donors (Lipinski definition) is 3. The Morgan fingerprint density at radius 2 is 2.14 bits per heavy atom. The van der Waals surface area contributed by atoms with Crippen LogP contribution >= 0.6 is 0 Å². The maximum absolute atomic E-state index is 11.8. The Morgan fingerprint density at radius 3 is 2.72 bits per heavy atom. The molecule has 0 radical (unpaired) electrons. The third-order valence-corrected chi connectivity index (χ3v) is 6.05. The zero-order valence-corrected chi connectivity index (χ0v) is 18.3. The molecule has 0 heterocycles. The summed E-state index contributed by atoms with van der Waals surface area (Å²) >= 11 is 0. The number of methoxy groups -OCH3 is 1. The van der Waals surface area contributed by atoms with Gasteiger partial charge in [0.15, 0.2) is 11.5 Å². The minimum atomic E-state index is -0.637. The first-order valence-corrected chi connectivity index (χ1v) is 10.7. The molecule has 1 aliphatic rings.